The summed E-state index contributed by atoms with van der Waals surface area (Å²) in [4.78, 5) is -0.241. The summed E-state index contributed by atoms with van der Waals surface area (Å²) in [6.45, 7) is 4.39. The van der Waals surface area contributed by atoms with E-state index < -0.39 is 20.2 Å². The van der Waals surface area contributed by atoms with Crippen LogP contribution < -0.4 is 4.74 Å². The minimum Gasteiger partial charge on any atom is -0.457 e. The van der Waals surface area contributed by atoms with E-state index >= 15 is 0 Å². The zero-order valence-corrected chi connectivity index (χ0v) is 26.6. The Morgan fingerprint density at radius 3 is 1.29 bits per heavy atom. The van der Waals surface area contributed by atoms with Gasteiger partial charge in [-0.15, -0.1) is 0 Å². The SMILES string of the molecule is CCCCCCCCCCc1cc(Oc2ccc(S(=O)(=O)O)cc2)cc(CCCCCCCCCC)c1S(=O)(=O)O. The molecule has 0 radical (unpaired) electrons. The molecule has 0 amide bonds. The summed E-state index contributed by atoms with van der Waals surface area (Å²) in [6, 6.07) is 8.71. The lowest BCUT2D eigenvalue weighted by molar-refractivity contribution is 0.472. The van der Waals surface area contributed by atoms with E-state index in [1.54, 1.807) is 12.1 Å². The first-order valence-electron chi connectivity index (χ1n) is 15.4. The molecule has 0 aliphatic carbocycles. The molecule has 0 bridgehead atoms. The van der Waals surface area contributed by atoms with Crippen molar-refractivity contribution in [2.24, 2.45) is 0 Å². The van der Waals surface area contributed by atoms with Gasteiger partial charge < -0.3 is 4.74 Å². The topological polar surface area (TPSA) is 118 Å². The summed E-state index contributed by atoms with van der Waals surface area (Å²) in [5.41, 5.74) is 1.08. The minimum absolute atomic E-state index is 0.00235. The van der Waals surface area contributed by atoms with Crippen LogP contribution in [0.2, 0.25) is 0 Å². The second-order valence-corrected chi connectivity index (χ2v) is 13.8. The standard InChI is InChI=1S/C32H50O7S2/c1-3-5-7-9-11-13-15-17-19-27-25-30(39-29-21-23-31(24-22-29)40(33,34)35)26-28(32(27)41(36,37)38)20-18-16-14-12-10-8-6-4-2/h21-26H,3-20H2,1-2H3,(H,33,34,35)(H,36,37,38). The smallest absolute Gasteiger partial charge is 0.295 e. The van der Waals surface area contributed by atoms with E-state index in [2.05, 4.69) is 13.8 Å². The molecule has 0 atom stereocenters. The molecule has 0 saturated carbocycles. The molecule has 0 spiro atoms. The molecule has 0 saturated heterocycles. The summed E-state index contributed by atoms with van der Waals surface area (Å²) in [5.74, 6) is 0.786. The maximum absolute atomic E-state index is 12.6. The van der Waals surface area contributed by atoms with Crippen LogP contribution in [-0.4, -0.2) is 25.9 Å². The van der Waals surface area contributed by atoms with E-state index in [-0.39, 0.29) is 9.79 Å². The Kier molecular flexibility index (Phi) is 16.0. The van der Waals surface area contributed by atoms with Crippen LogP contribution >= 0.6 is 0 Å². The van der Waals surface area contributed by atoms with E-state index in [9.17, 15) is 25.9 Å². The van der Waals surface area contributed by atoms with Crippen molar-refractivity contribution in [3.63, 3.8) is 0 Å². The van der Waals surface area contributed by atoms with E-state index in [1.807, 2.05) is 0 Å². The molecule has 0 aromatic heterocycles. The van der Waals surface area contributed by atoms with Crippen molar-refractivity contribution < 1.29 is 30.7 Å². The summed E-state index contributed by atoms with van der Waals surface area (Å²) in [6.07, 6.45) is 18.9. The predicted octanol–water partition coefficient (Wildman–Crippen LogP) is 9.34. The van der Waals surface area contributed by atoms with Gasteiger partial charge in [-0.2, -0.15) is 16.8 Å². The highest BCUT2D eigenvalue weighted by Crippen LogP contribution is 2.32. The molecule has 2 aromatic rings. The van der Waals surface area contributed by atoms with Gasteiger partial charge in [0.25, 0.3) is 20.2 Å². The average molecular weight is 611 g/mol. The fraction of sp³-hybridized carbons (Fsp3) is 0.625. The van der Waals surface area contributed by atoms with Crippen LogP contribution in [0.5, 0.6) is 11.5 Å². The first-order chi connectivity index (χ1) is 19.6. The lowest BCUT2D eigenvalue weighted by atomic mass is 9.99. The fourth-order valence-corrected chi connectivity index (χ4v) is 6.66. The van der Waals surface area contributed by atoms with E-state index in [1.165, 1.54) is 75.6 Å². The van der Waals surface area contributed by atoms with Crippen molar-refractivity contribution >= 4 is 20.2 Å². The van der Waals surface area contributed by atoms with Gasteiger partial charge in [0.1, 0.15) is 16.4 Å². The second-order valence-electron chi connectivity index (χ2n) is 11.0. The van der Waals surface area contributed by atoms with E-state index in [4.69, 9.17) is 4.74 Å². The zero-order valence-electron chi connectivity index (χ0n) is 24.9. The van der Waals surface area contributed by atoms with Crippen LogP contribution in [-0.2, 0) is 33.1 Å². The van der Waals surface area contributed by atoms with Gasteiger partial charge in [-0.25, -0.2) is 0 Å². The van der Waals surface area contributed by atoms with Crippen LogP contribution in [0, 0.1) is 0 Å². The van der Waals surface area contributed by atoms with Crippen LogP contribution in [0.3, 0.4) is 0 Å². The van der Waals surface area contributed by atoms with Gasteiger partial charge in [0.15, 0.2) is 0 Å². The quantitative estimate of drug-likeness (QED) is 0.101. The Morgan fingerprint density at radius 2 is 0.927 bits per heavy atom. The fourth-order valence-electron chi connectivity index (χ4n) is 5.20. The van der Waals surface area contributed by atoms with E-state index in [0.29, 0.717) is 35.5 Å². The molecular weight excluding hydrogens is 560 g/mol. The molecular formula is C32H50O7S2. The summed E-state index contributed by atoms with van der Waals surface area (Å²) >= 11 is 0. The molecule has 0 fully saturated rings. The highest BCUT2D eigenvalue weighted by Gasteiger charge is 2.22. The highest BCUT2D eigenvalue weighted by atomic mass is 32.2. The van der Waals surface area contributed by atoms with Crippen LogP contribution in [0.15, 0.2) is 46.2 Å². The predicted molar refractivity (Wildman–Crippen MR) is 165 cm³/mol. The second kappa shape index (κ2) is 18.6. The monoisotopic (exact) mass is 610 g/mol. The first-order valence-corrected chi connectivity index (χ1v) is 18.3. The number of rotatable bonds is 22. The lowest BCUT2D eigenvalue weighted by Gasteiger charge is -2.16. The number of unbranched alkanes of at least 4 members (excludes halogenated alkanes) is 14. The van der Waals surface area contributed by atoms with Crippen molar-refractivity contribution in [3.8, 4) is 11.5 Å². The molecule has 0 unspecified atom stereocenters. The molecule has 9 heteroatoms. The lowest BCUT2D eigenvalue weighted by Crippen LogP contribution is -2.09. The number of hydrogen-bond donors (Lipinski definition) is 2. The Bertz CT molecular complexity index is 1200. The van der Waals surface area contributed by atoms with Crippen molar-refractivity contribution in [1.82, 2.24) is 0 Å². The third-order valence-corrected chi connectivity index (χ3v) is 9.34. The number of benzene rings is 2. The minimum atomic E-state index is -4.44. The van der Waals surface area contributed by atoms with Crippen molar-refractivity contribution in [2.75, 3.05) is 0 Å². The summed E-state index contributed by atoms with van der Waals surface area (Å²) in [5, 5.41) is 0. The molecule has 0 aliphatic heterocycles. The Labute approximate surface area is 248 Å². The molecule has 2 aromatic carbocycles. The van der Waals surface area contributed by atoms with Crippen molar-refractivity contribution in [3.05, 3.63) is 47.5 Å². The van der Waals surface area contributed by atoms with Gasteiger partial charge in [0.2, 0.25) is 0 Å². The number of hydrogen-bond acceptors (Lipinski definition) is 5. The third kappa shape index (κ3) is 13.7. The van der Waals surface area contributed by atoms with Crippen LogP contribution in [0.25, 0.3) is 0 Å². The zero-order chi connectivity index (χ0) is 30.1. The molecule has 232 valence electrons. The number of ether oxygens (including phenoxy) is 1. The largest absolute Gasteiger partial charge is 0.457 e. The third-order valence-electron chi connectivity index (χ3n) is 7.43. The Morgan fingerprint density at radius 1 is 0.537 bits per heavy atom. The van der Waals surface area contributed by atoms with Gasteiger partial charge in [-0.05, 0) is 73.2 Å². The van der Waals surface area contributed by atoms with Crippen molar-refractivity contribution in [2.45, 2.75) is 139 Å². The molecule has 2 N–H and O–H groups in total. The normalized spacial score (nSPS) is 12.1. The maximum Gasteiger partial charge on any atom is 0.295 e. The van der Waals surface area contributed by atoms with Gasteiger partial charge >= 0.3 is 0 Å². The van der Waals surface area contributed by atoms with Gasteiger partial charge in [0.05, 0.1) is 4.90 Å². The molecule has 41 heavy (non-hydrogen) atoms. The van der Waals surface area contributed by atoms with Crippen LogP contribution in [0.4, 0.5) is 0 Å². The Hall–Kier alpha value is -1.94. The maximum atomic E-state index is 12.6. The molecule has 0 aliphatic rings. The average Bonchev–Trinajstić information content (AvgIpc) is 2.90. The first kappa shape index (κ1) is 35.3. The van der Waals surface area contributed by atoms with Gasteiger partial charge in [0, 0.05) is 0 Å². The van der Waals surface area contributed by atoms with Crippen LogP contribution in [0.1, 0.15) is 128 Å². The Balaban J connectivity index is 2.20. The number of aryl methyl sites for hydroxylation is 2. The van der Waals surface area contributed by atoms with Gasteiger partial charge in [-0.1, -0.05) is 104 Å². The van der Waals surface area contributed by atoms with Gasteiger partial charge in [-0.3, -0.25) is 9.11 Å². The summed E-state index contributed by atoms with van der Waals surface area (Å²) in [7, 11) is -8.76. The molecule has 7 nitrogen and oxygen atoms in total. The van der Waals surface area contributed by atoms with E-state index in [0.717, 1.165) is 51.4 Å². The summed E-state index contributed by atoms with van der Waals surface area (Å²) < 4.78 is 73.4. The highest BCUT2D eigenvalue weighted by molar-refractivity contribution is 7.86. The molecule has 2 rings (SSSR count). The molecule has 0 heterocycles. The van der Waals surface area contributed by atoms with Crippen molar-refractivity contribution in [1.29, 1.82) is 0 Å².